The molecule has 1 atom stereocenters. The first-order valence-corrected chi connectivity index (χ1v) is 5.60. The molecule has 3 N–H and O–H groups in total. The number of anilines is 1. The Balaban J connectivity index is 2.92. The fourth-order valence-corrected chi connectivity index (χ4v) is 1.47. The van der Waals surface area contributed by atoms with Crippen LogP contribution in [0, 0.1) is 5.92 Å². The van der Waals surface area contributed by atoms with Crippen molar-refractivity contribution in [3.8, 4) is 0 Å². The van der Waals surface area contributed by atoms with Crippen molar-refractivity contribution in [1.82, 2.24) is 4.98 Å². The molecule has 0 aliphatic heterocycles. The molecule has 0 aromatic carbocycles. The predicted molar refractivity (Wildman–Crippen MR) is 65.5 cm³/mol. The SMILES string of the molecule is CC(C)[C@@H](CO)Nc1ccc(Cl)c(C(=O)O)n1. The quantitative estimate of drug-likeness (QED) is 0.751. The van der Waals surface area contributed by atoms with Gasteiger partial charge in [-0.05, 0) is 18.1 Å². The molecule has 1 aromatic heterocycles. The highest BCUT2D eigenvalue weighted by Crippen LogP contribution is 2.18. The number of hydrogen-bond donors (Lipinski definition) is 3. The second-order valence-corrected chi connectivity index (χ2v) is 4.42. The third kappa shape index (κ3) is 3.57. The van der Waals surface area contributed by atoms with Crippen LogP contribution in [0.3, 0.4) is 0 Å². The van der Waals surface area contributed by atoms with Crippen LogP contribution in [0.15, 0.2) is 12.1 Å². The molecular formula is C11H15ClN2O3. The average Bonchev–Trinajstić information content (AvgIpc) is 2.27. The fraction of sp³-hybridized carbons (Fsp3) is 0.455. The molecule has 0 amide bonds. The van der Waals surface area contributed by atoms with Gasteiger partial charge in [-0.3, -0.25) is 0 Å². The lowest BCUT2D eigenvalue weighted by molar-refractivity contribution is 0.0691. The van der Waals surface area contributed by atoms with E-state index < -0.39 is 5.97 Å². The summed E-state index contributed by atoms with van der Waals surface area (Å²) in [5, 5.41) is 21.1. The number of pyridine rings is 1. The van der Waals surface area contributed by atoms with Gasteiger partial charge in [0, 0.05) is 0 Å². The number of carboxylic acid groups (broad SMARTS) is 1. The number of aromatic carboxylic acids is 1. The highest BCUT2D eigenvalue weighted by molar-refractivity contribution is 6.33. The molecule has 6 heteroatoms. The van der Waals surface area contributed by atoms with E-state index >= 15 is 0 Å². The Kier molecular flexibility index (Phi) is 4.72. The number of aromatic nitrogens is 1. The smallest absolute Gasteiger partial charge is 0.356 e. The third-order valence-corrected chi connectivity index (χ3v) is 2.69. The first-order chi connectivity index (χ1) is 7.95. The third-order valence-electron chi connectivity index (χ3n) is 2.38. The Labute approximate surface area is 104 Å². The van der Waals surface area contributed by atoms with E-state index in [1.54, 1.807) is 6.07 Å². The van der Waals surface area contributed by atoms with Gasteiger partial charge in [0.05, 0.1) is 17.7 Å². The van der Waals surface area contributed by atoms with E-state index in [9.17, 15) is 4.79 Å². The maximum atomic E-state index is 10.8. The van der Waals surface area contributed by atoms with Crippen LogP contribution in [0.2, 0.25) is 5.02 Å². The topological polar surface area (TPSA) is 82.5 Å². The molecule has 0 unspecified atom stereocenters. The first kappa shape index (κ1) is 13.7. The number of aliphatic hydroxyl groups excluding tert-OH is 1. The number of nitrogens with zero attached hydrogens (tertiary/aromatic N) is 1. The normalized spacial score (nSPS) is 12.5. The Bertz CT molecular complexity index is 410. The molecule has 0 aliphatic rings. The van der Waals surface area contributed by atoms with Crippen LogP contribution in [0.5, 0.6) is 0 Å². The van der Waals surface area contributed by atoms with Gasteiger partial charge in [-0.2, -0.15) is 0 Å². The van der Waals surface area contributed by atoms with Crippen LogP contribution in [-0.2, 0) is 0 Å². The summed E-state index contributed by atoms with van der Waals surface area (Å²) in [5.74, 6) is -0.589. The maximum Gasteiger partial charge on any atom is 0.356 e. The van der Waals surface area contributed by atoms with E-state index in [1.807, 2.05) is 13.8 Å². The predicted octanol–water partition coefficient (Wildman–Crippen LogP) is 1.86. The molecule has 1 heterocycles. The van der Waals surface area contributed by atoms with E-state index in [0.29, 0.717) is 5.82 Å². The molecule has 0 bridgehead atoms. The lowest BCUT2D eigenvalue weighted by Crippen LogP contribution is -2.30. The highest BCUT2D eigenvalue weighted by Gasteiger charge is 2.15. The minimum Gasteiger partial charge on any atom is -0.476 e. The summed E-state index contributed by atoms with van der Waals surface area (Å²) >= 11 is 5.70. The van der Waals surface area contributed by atoms with Gasteiger partial charge in [0.25, 0.3) is 0 Å². The summed E-state index contributed by atoms with van der Waals surface area (Å²) in [6, 6.07) is 2.87. The lowest BCUT2D eigenvalue weighted by Gasteiger charge is -2.20. The molecule has 0 radical (unpaired) electrons. The standard InChI is InChI=1S/C11H15ClN2O3/c1-6(2)8(5-15)13-9-4-3-7(12)10(14-9)11(16)17/h3-4,6,8,15H,5H2,1-2H3,(H,13,14)(H,16,17)/t8-/m1/s1. The summed E-state index contributed by atoms with van der Waals surface area (Å²) in [5.41, 5.74) is -0.197. The van der Waals surface area contributed by atoms with Crippen LogP contribution in [-0.4, -0.2) is 33.8 Å². The molecule has 94 valence electrons. The fourth-order valence-electron chi connectivity index (χ4n) is 1.29. The number of aliphatic hydroxyl groups is 1. The molecule has 1 aromatic rings. The van der Waals surface area contributed by atoms with Crippen molar-refractivity contribution < 1.29 is 15.0 Å². The average molecular weight is 259 g/mol. The minimum atomic E-state index is -1.18. The largest absolute Gasteiger partial charge is 0.476 e. The number of halogens is 1. The number of hydrogen-bond acceptors (Lipinski definition) is 4. The number of carbonyl (C=O) groups is 1. The van der Waals surface area contributed by atoms with Crippen molar-refractivity contribution >= 4 is 23.4 Å². The van der Waals surface area contributed by atoms with Gasteiger partial charge in [-0.25, -0.2) is 9.78 Å². The molecular weight excluding hydrogens is 244 g/mol. The first-order valence-electron chi connectivity index (χ1n) is 5.23. The monoisotopic (exact) mass is 258 g/mol. The van der Waals surface area contributed by atoms with Crippen molar-refractivity contribution in [2.45, 2.75) is 19.9 Å². The Morgan fingerprint density at radius 3 is 2.65 bits per heavy atom. The Morgan fingerprint density at radius 1 is 1.53 bits per heavy atom. The molecule has 0 fully saturated rings. The summed E-state index contributed by atoms with van der Waals surface area (Å²) in [6.07, 6.45) is 0. The minimum absolute atomic E-state index is 0.0512. The Hall–Kier alpha value is -1.33. The second-order valence-electron chi connectivity index (χ2n) is 4.01. The van der Waals surface area contributed by atoms with Crippen molar-refractivity contribution in [1.29, 1.82) is 0 Å². The number of nitrogens with one attached hydrogen (secondary N) is 1. The molecule has 1 rings (SSSR count). The van der Waals surface area contributed by atoms with Crippen molar-refractivity contribution in [2.24, 2.45) is 5.92 Å². The van der Waals surface area contributed by atoms with Gasteiger partial charge in [-0.15, -0.1) is 0 Å². The second kappa shape index (κ2) is 5.84. The van der Waals surface area contributed by atoms with Crippen LogP contribution in [0.1, 0.15) is 24.3 Å². The molecule has 0 aliphatic carbocycles. The van der Waals surface area contributed by atoms with E-state index in [4.69, 9.17) is 21.8 Å². The van der Waals surface area contributed by atoms with Crippen LogP contribution in [0.4, 0.5) is 5.82 Å². The molecule has 17 heavy (non-hydrogen) atoms. The van der Waals surface area contributed by atoms with Crippen LogP contribution in [0.25, 0.3) is 0 Å². The van der Waals surface area contributed by atoms with Gasteiger partial charge in [0.15, 0.2) is 5.69 Å². The van der Waals surface area contributed by atoms with Gasteiger partial charge in [0.1, 0.15) is 5.82 Å². The number of carboxylic acids is 1. The molecule has 0 saturated heterocycles. The maximum absolute atomic E-state index is 10.8. The Morgan fingerprint density at radius 2 is 2.18 bits per heavy atom. The summed E-state index contributed by atoms with van der Waals surface area (Å²) in [4.78, 5) is 14.7. The van der Waals surface area contributed by atoms with Crippen LogP contribution < -0.4 is 5.32 Å². The van der Waals surface area contributed by atoms with E-state index in [2.05, 4.69) is 10.3 Å². The lowest BCUT2D eigenvalue weighted by atomic mass is 10.1. The molecule has 0 spiro atoms. The van der Waals surface area contributed by atoms with E-state index in [0.717, 1.165) is 0 Å². The van der Waals surface area contributed by atoms with E-state index in [-0.39, 0.29) is 29.3 Å². The van der Waals surface area contributed by atoms with Gasteiger partial charge >= 0.3 is 5.97 Å². The van der Waals surface area contributed by atoms with Crippen LogP contribution >= 0.6 is 11.6 Å². The highest BCUT2D eigenvalue weighted by atomic mass is 35.5. The van der Waals surface area contributed by atoms with Crippen molar-refractivity contribution in [3.63, 3.8) is 0 Å². The molecule has 5 nitrogen and oxygen atoms in total. The number of rotatable bonds is 5. The zero-order valence-electron chi connectivity index (χ0n) is 9.64. The molecule has 0 saturated carbocycles. The summed E-state index contributed by atoms with van der Waals surface area (Å²) < 4.78 is 0. The summed E-state index contributed by atoms with van der Waals surface area (Å²) in [6.45, 7) is 3.84. The van der Waals surface area contributed by atoms with Gasteiger partial charge in [-0.1, -0.05) is 25.4 Å². The van der Waals surface area contributed by atoms with Crippen molar-refractivity contribution in [2.75, 3.05) is 11.9 Å². The van der Waals surface area contributed by atoms with E-state index in [1.165, 1.54) is 6.07 Å². The van der Waals surface area contributed by atoms with Gasteiger partial charge in [0.2, 0.25) is 0 Å². The zero-order chi connectivity index (χ0) is 13.0. The zero-order valence-corrected chi connectivity index (χ0v) is 10.4. The van der Waals surface area contributed by atoms with Crippen molar-refractivity contribution in [3.05, 3.63) is 22.8 Å². The van der Waals surface area contributed by atoms with Gasteiger partial charge < -0.3 is 15.5 Å². The summed E-state index contributed by atoms with van der Waals surface area (Å²) in [7, 11) is 0.